The van der Waals surface area contributed by atoms with E-state index >= 15 is 4.57 Å². The van der Waals surface area contributed by atoms with Crippen molar-refractivity contribution in [2.45, 2.75) is 162 Å². The van der Waals surface area contributed by atoms with Crippen molar-refractivity contribution >= 4 is 29.0 Å². The van der Waals surface area contributed by atoms with Gasteiger partial charge in [-0.05, 0) is 81.7 Å². The minimum absolute atomic E-state index is 0.0669. The first-order valence-corrected chi connectivity index (χ1v) is 20.8. The topological polar surface area (TPSA) is 69.7 Å². The van der Waals surface area contributed by atoms with E-state index in [0.29, 0.717) is 24.2 Å². The minimum Gasteiger partial charge on any atom is -0.288 e. The zero-order valence-electron chi connectivity index (χ0n) is 30.9. The Balaban J connectivity index is 2.23. The van der Waals surface area contributed by atoms with E-state index in [4.69, 9.17) is 0 Å². The van der Waals surface area contributed by atoms with Crippen molar-refractivity contribution in [2.24, 2.45) is 0 Å². The zero-order valence-corrected chi connectivity index (χ0v) is 32.6. The SMILES string of the molecule is CC(C)c1cc(C(C)C)c(N2[C@@H]3CCCC[C@H]3N(c3c(C(C)C)cc(C(C)C)cc3C(C)C)P2(=O)NS(=O)(=O)C(F)(F)F)c(C(C)C)c1. The first-order valence-electron chi connectivity index (χ1n) is 17.7. The van der Waals surface area contributed by atoms with Crippen LogP contribution in [0.5, 0.6) is 0 Å². The lowest BCUT2D eigenvalue weighted by molar-refractivity contribution is -0.0441. The highest BCUT2D eigenvalue weighted by Crippen LogP contribution is 2.67. The minimum atomic E-state index is -6.04. The molecule has 1 saturated heterocycles. The van der Waals surface area contributed by atoms with Gasteiger partial charge in [-0.3, -0.25) is 13.9 Å². The molecule has 1 saturated carbocycles. The molecule has 2 aliphatic rings. The van der Waals surface area contributed by atoms with Crippen LogP contribution < -0.4 is 13.8 Å². The number of alkyl halides is 3. The highest BCUT2D eigenvalue weighted by atomic mass is 32.2. The van der Waals surface area contributed by atoms with Gasteiger partial charge < -0.3 is 0 Å². The molecule has 270 valence electrons. The summed E-state index contributed by atoms with van der Waals surface area (Å²) < 4.78 is 91.2. The van der Waals surface area contributed by atoms with Crippen LogP contribution in [0.2, 0.25) is 0 Å². The van der Waals surface area contributed by atoms with Crippen LogP contribution in [0.1, 0.15) is 178 Å². The number of nitrogens with zero attached hydrogens (tertiary/aromatic N) is 2. The van der Waals surface area contributed by atoms with Crippen LogP contribution in [0.3, 0.4) is 0 Å². The van der Waals surface area contributed by atoms with Crippen molar-refractivity contribution in [3.63, 3.8) is 0 Å². The number of anilines is 2. The summed E-state index contributed by atoms with van der Waals surface area (Å²) in [6.45, 7) is 24.6. The molecule has 6 nitrogen and oxygen atoms in total. The summed E-state index contributed by atoms with van der Waals surface area (Å²) in [6, 6.07) is 7.38. The van der Waals surface area contributed by atoms with Crippen molar-refractivity contribution in [3.05, 3.63) is 57.6 Å². The maximum Gasteiger partial charge on any atom is 0.511 e. The number of rotatable bonds is 10. The third-order valence-corrected chi connectivity index (χ3v) is 14.8. The van der Waals surface area contributed by atoms with Crippen LogP contribution in [-0.4, -0.2) is 26.0 Å². The predicted octanol–water partition coefficient (Wildman–Crippen LogP) is 11.6. The first-order chi connectivity index (χ1) is 22.0. The number of halogens is 3. The Labute approximate surface area is 287 Å². The molecule has 0 unspecified atom stereocenters. The molecule has 1 heterocycles. The lowest BCUT2D eigenvalue weighted by Crippen LogP contribution is -2.42. The Kier molecular flexibility index (Phi) is 11.3. The van der Waals surface area contributed by atoms with Crippen LogP contribution in [-0.2, 0) is 14.6 Å². The monoisotopic (exact) mass is 711 g/mol. The quantitative estimate of drug-likeness (QED) is 0.249. The number of hydrogen-bond donors (Lipinski definition) is 1. The third kappa shape index (κ3) is 6.96. The van der Waals surface area contributed by atoms with Gasteiger partial charge in [0.15, 0.2) is 0 Å². The van der Waals surface area contributed by atoms with E-state index in [9.17, 15) is 21.6 Å². The highest BCUT2D eigenvalue weighted by Gasteiger charge is 2.62. The summed E-state index contributed by atoms with van der Waals surface area (Å²) in [5, 5.41) is 0. The number of hydrogen-bond acceptors (Lipinski definition) is 3. The van der Waals surface area contributed by atoms with E-state index in [0.717, 1.165) is 46.2 Å². The fourth-order valence-corrected chi connectivity index (χ4v) is 12.4. The van der Waals surface area contributed by atoms with E-state index in [2.05, 4.69) is 52.0 Å². The van der Waals surface area contributed by atoms with Gasteiger partial charge in [-0.15, -0.1) is 4.49 Å². The number of benzene rings is 2. The van der Waals surface area contributed by atoms with Gasteiger partial charge in [0.05, 0.1) is 23.5 Å². The van der Waals surface area contributed by atoms with Crippen molar-refractivity contribution in [3.8, 4) is 0 Å². The van der Waals surface area contributed by atoms with Gasteiger partial charge in [-0.1, -0.05) is 120 Å². The van der Waals surface area contributed by atoms with Crippen LogP contribution in [0.15, 0.2) is 24.3 Å². The summed E-state index contributed by atoms with van der Waals surface area (Å²) in [6.07, 6.45) is 2.77. The Morgan fingerprint density at radius 3 is 1.15 bits per heavy atom. The average molecular weight is 712 g/mol. The van der Waals surface area contributed by atoms with Crippen molar-refractivity contribution in [2.75, 3.05) is 9.34 Å². The van der Waals surface area contributed by atoms with Crippen molar-refractivity contribution in [1.29, 1.82) is 0 Å². The lowest BCUT2D eigenvalue weighted by atomic mass is 9.84. The van der Waals surface area contributed by atoms with Crippen LogP contribution in [0.25, 0.3) is 0 Å². The second-order valence-electron chi connectivity index (χ2n) is 15.7. The Bertz CT molecular complexity index is 1500. The van der Waals surface area contributed by atoms with E-state index in [-0.39, 0.29) is 35.5 Å². The molecule has 2 atom stereocenters. The standard InChI is InChI=1S/C37H57F3N3O3PS/c1-21(2)27-17-29(23(5)6)35(30(18-27)24(7)8)42-33-15-13-14-16-34(33)43(47(42,44)41-48(45,46)37(38,39)40)36-31(25(9)10)19-28(22(3)4)20-32(36)26(11)12/h17-26,33-34H,13-16H2,1-12H3,(H,41,44)/t33-,34-/m1/s1. The Morgan fingerprint density at radius 1 is 0.625 bits per heavy atom. The van der Waals surface area contributed by atoms with Gasteiger partial charge in [0, 0.05) is 0 Å². The molecule has 1 N–H and O–H groups in total. The van der Waals surface area contributed by atoms with E-state index in [1.807, 2.05) is 59.9 Å². The van der Waals surface area contributed by atoms with E-state index in [1.54, 1.807) is 9.34 Å². The fourth-order valence-electron chi connectivity index (χ4n) is 7.43. The predicted molar refractivity (Wildman–Crippen MR) is 194 cm³/mol. The van der Waals surface area contributed by atoms with Crippen LogP contribution in [0, 0.1) is 0 Å². The summed E-state index contributed by atoms with van der Waals surface area (Å²) in [5.41, 5.74) is 1.19. The lowest BCUT2D eigenvalue weighted by Gasteiger charge is -2.39. The summed E-state index contributed by atoms with van der Waals surface area (Å²) >= 11 is 0. The molecule has 2 aromatic carbocycles. The summed E-state index contributed by atoms with van der Waals surface area (Å²) in [4.78, 5) is 0. The summed E-state index contributed by atoms with van der Waals surface area (Å²) in [5.74, 6) is 0.100. The normalized spacial score (nSPS) is 20.4. The Morgan fingerprint density at radius 2 is 0.917 bits per heavy atom. The Hall–Kier alpha value is -2.03. The molecule has 0 amide bonds. The van der Waals surface area contributed by atoms with Gasteiger partial charge in [0.2, 0.25) is 0 Å². The van der Waals surface area contributed by atoms with Gasteiger partial charge in [-0.2, -0.15) is 13.2 Å². The molecule has 11 heteroatoms. The average Bonchev–Trinajstić information content (AvgIpc) is 3.20. The number of sulfonamides is 1. The molecule has 0 spiro atoms. The number of nitrogens with one attached hydrogen (secondary N) is 1. The largest absolute Gasteiger partial charge is 0.511 e. The van der Waals surface area contributed by atoms with Crippen LogP contribution >= 0.6 is 7.59 Å². The zero-order chi connectivity index (χ0) is 36.3. The molecule has 2 aromatic rings. The van der Waals surface area contributed by atoms with Gasteiger partial charge >= 0.3 is 23.1 Å². The fraction of sp³-hybridized carbons (Fsp3) is 0.676. The second-order valence-corrected chi connectivity index (χ2v) is 19.9. The molecule has 1 aliphatic carbocycles. The van der Waals surface area contributed by atoms with Crippen LogP contribution in [0.4, 0.5) is 24.5 Å². The molecular weight excluding hydrogens is 654 g/mol. The maximum atomic E-state index is 16.3. The molecule has 1 aliphatic heterocycles. The van der Waals surface area contributed by atoms with Gasteiger partial charge in [-0.25, -0.2) is 8.42 Å². The number of fused-ring (bicyclic) bond motifs is 1. The van der Waals surface area contributed by atoms with E-state index in [1.165, 1.54) is 0 Å². The molecule has 4 rings (SSSR count). The maximum absolute atomic E-state index is 16.3. The highest BCUT2D eigenvalue weighted by molar-refractivity contribution is 7.97. The smallest absolute Gasteiger partial charge is 0.288 e. The van der Waals surface area contributed by atoms with Gasteiger partial charge in [0.25, 0.3) is 0 Å². The molecule has 48 heavy (non-hydrogen) atoms. The van der Waals surface area contributed by atoms with E-state index < -0.39 is 35.2 Å². The second kappa shape index (κ2) is 13.9. The summed E-state index contributed by atoms with van der Waals surface area (Å²) in [7, 11) is -10.8. The first kappa shape index (κ1) is 38.8. The molecular formula is C37H57F3N3O3PS. The van der Waals surface area contributed by atoms with Crippen molar-refractivity contribution < 1.29 is 26.2 Å². The molecule has 2 fully saturated rings. The molecule has 0 bridgehead atoms. The molecule has 0 radical (unpaired) electrons. The molecule has 0 aromatic heterocycles. The third-order valence-electron chi connectivity index (χ3n) is 10.1. The van der Waals surface area contributed by atoms with Crippen molar-refractivity contribution in [1.82, 2.24) is 4.49 Å². The van der Waals surface area contributed by atoms with Gasteiger partial charge in [0.1, 0.15) is 0 Å².